The number of hydrogen-bond acceptors (Lipinski definition) is 5. The van der Waals surface area contributed by atoms with Crippen LogP contribution in [0, 0.1) is 11.3 Å². The first kappa shape index (κ1) is 14.9. The number of nitriles is 1. The number of nitrogen functional groups attached to an aromatic ring is 1. The van der Waals surface area contributed by atoms with E-state index >= 15 is 0 Å². The molecule has 0 aliphatic heterocycles. The number of carbonyl (C=O) groups is 1. The van der Waals surface area contributed by atoms with Crippen LogP contribution in [0.15, 0.2) is 60.3 Å². The molecule has 0 saturated carbocycles. The summed E-state index contributed by atoms with van der Waals surface area (Å²) in [5.41, 5.74) is 6.94. The van der Waals surface area contributed by atoms with E-state index < -0.39 is 5.91 Å². The lowest BCUT2D eigenvalue weighted by molar-refractivity contribution is -0.112. The first-order valence-electron chi connectivity index (χ1n) is 6.42. The molecule has 0 unspecified atom stereocenters. The Morgan fingerprint density at radius 3 is 2.50 bits per heavy atom. The van der Waals surface area contributed by atoms with Gasteiger partial charge in [-0.1, -0.05) is 12.1 Å². The van der Waals surface area contributed by atoms with Crippen LogP contribution in [0.2, 0.25) is 0 Å². The van der Waals surface area contributed by atoms with Crippen LogP contribution in [0.1, 0.15) is 0 Å². The van der Waals surface area contributed by atoms with Gasteiger partial charge in [-0.15, -0.1) is 0 Å². The Balaban J connectivity index is 2.09. The number of amides is 1. The molecule has 0 heterocycles. The zero-order chi connectivity index (χ0) is 15.9. The second-order valence-corrected chi connectivity index (χ2v) is 4.41. The third kappa shape index (κ3) is 3.77. The normalized spacial score (nSPS) is 10.6. The quantitative estimate of drug-likeness (QED) is 0.299. The largest absolute Gasteiger partial charge is 0.506 e. The Kier molecular flexibility index (Phi) is 4.63. The Morgan fingerprint density at radius 1 is 1.18 bits per heavy atom. The van der Waals surface area contributed by atoms with Crippen molar-refractivity contribution >= 4 is 23.0 Å². The Morgan fingerprint density at radius 2 is 1.86 bits per heavy atom. The number of phenolic OH excluding ortho intramolecular Hbond substituents is 1. The maximum Gasteiger partial charge on any atom is 0.267 e. The van der Waals surface area contributed by atoms with Gasteiger partial charge in [0.25, 0.3) is 5.91 Å². The van der Waals surface area contributed by atoms with E-state index in [2.05, 4.69) is 10.6 Å². The zero-order valence-electron chi connectivity index (χ0n) is 11.6. The molecular weight excluding hydrogens is 280 g/mol. The molecule has 5 N–H and O–H groups in total. The third-order valence-corrected chi connectivity index (χ3v) is 2.81. The maximum absolute atomic E-state index is 12.0. The van der Waals surface area contributed by atoms with Crippen LogP contribution in [-0.4, -0.2) is 11.0 Å². The molecule has 0 aliphatic rings. The van der Waals surface area contributed by atoms with Gasteiger partial charge in [-0.3, -0.25) is 4.79 Å². The van der Waals surface area contributed by atoms with Gasteiger partial charge >= 0.3 is 0 Å². The van der Waals surface area contributed by atoms with Crippen molar-refractivity contribution in [1.29, 1.82) is 5.26 Å². The van der Waals surface area contributed by atoms with Gasteiger partial charge < -0.3 is 21.5 Å². The molecule has 110 valence electrons. The van der Waals surface area contributed by atoms with Gasteiger partial charge in [-0.05, 0) is 36.4 Å². The molecule has 0 aromatic heterocycles. The summed E-state index contributed by atoms with van der Waals surface area (Å²) in [6, 6.07) is 14.9. The van der Waals surface area contributed by atoms with E-state index in [0.717, 1.165) is 0 Å². The molecule has 2 rings (SSSR count). The van der Waals surface area contributed by atoms with Crippen molar-refractivity contribution in [3.05, 3.63) is 60.3 Å². The number of rotatable bonds is 4. The zero-order valence-corrected chi connectivity index (χ0v) is 11.6. The predicted octanol–water partition coefficient (Wildman–Crippen LogP) is 2.43. The topological polar surface area (TPSA) is 111 Å². The molecule has 0 bridgehead atoms. The number of anilines is 3. The first-order chi connectivity index (χ1) is 10.6. The number of nitrogens with one attached hydrogen (secondary N) is 2. The molecule has 0 saturated heterocycles. The number of hydrogen-bond donors (Lipinski definition) is 4. The monoisotopic (exact) mass is 294 g/mol. The lowest BCUT2D eigenvalue weighted by atomic mass is 10.2. The van der Waals surface area contributed by atoms with Crippen molar-refractivity contribution in [3.63, 3.8) is 0 Å². The van der Waals surface area contributed by atoms with Crippen LogP contribution < -0.4 is 16.4 Å². The average molecular weight is 294 g/mol. The third-order valence-electron chi connectivity index (χ3n) is 2.81. The summed E-state index contributed by atoms with van der Waals surface area (Å²) >= 11 is 0. The highest BCUT2D eigenvalue weighted by molar-refractivity contribution is 6.06. The van der Waals surface area contributed by atoms with Gasteiger partial charge in [0.1, 0.15) is 17.4 Å². The molecule has 0 aliphatic carbocycles. The smallest absolute Gasteiger partial charge is 0.267 e. The van der Waals surface area contributed by atoms with Gasteiger partial charge in [0.15, 0.2) is 0 Å². The number of nitrogens with two attached hydrogens (primary N) is 1. The second kappa shape index (κ2) is 6.81. The summed E-state index contributed by atoms with van der Waals surface area (Å²) in [5.74, 6) is -0.537. The molecule has 0 atom stereocenters. The van der Waals surface area contributed by atoms with Crippen LogP contribution in [0.5, 0.6) is 5.75 Å². The van der Waals surface area contributed by atoms with Crippen molar-refractivity contribution < 1.29 is 9.90 Å². The van der Waals surface area contributed by atoms with Gasteiger partial charge in [0, 0.05) is 17.6 Å². The Bertz CT molecular complexity index is 745. The summed E-state index contributed by atoms with van der Waals surface area (Å²) in [7, 11) is 0. The first-order valence-corrected chi connectivity index (χ1v) is 6.42. The Hall–Kier alpha value is -3.46. The fourth-order valence-corrected chi connectivity index (χ4v) is 1.66. The number of para-hydroxylation sites is 2. The number of benzene rings is 2. The molecule has 0 spiro atoms. The van der Waals surface area contributed by atoms with E-state index in [4.69, 9.17) is 11.0 Å². The lowest BCUT2D eigenvalue weighted by Crippen LogP contribution is -2.14. The van der Waals surface area contributed by atoms with Crippen LogP contribution in [0.25, 0.3) is 0 Å². The SMILES string of the molecule is N#C/C(=C/Nc1ccccc1O)C(=O)Nc1ccc(N)cc1. The van der Waals surface area contributed by atoms with Crippen molar-refractivity contribution in [1.82, 2.24) is 0 Å². The van der Waals surface area contributed by atoms with Gasteiger partial charge in [-0.25, -0.2) is 0 Å². The van der Waals surface area contributed by atoms with E-state index in [0.29, 0.717) is 17.1 Å². The molecule has 2 aromatic carbocycles. The number of nitrogens with zero attached hydrogens (tertiary/aromatic N) is 1. The molecule has 6 nitrogen and oxygen atoms in total. The fraction of sp³-hybridized carbons (Fsp3) is 0. The van der Waals surface area contributed by atoms with Crippen molar-refractivity contribution in [2.24, 2.45) is 0 Å². The van der Waals surface area contributed by atoms with Crippen LogP contribution in [-0.2, 0) is 4.79 Å². The van der Waals surface area contributed by atoms with Gasteiger partial charge in [0.05, 0.1) is 5.69 Å². The Labute approximate surface area is 127 Å². The van der Waals surface area contributed by atoms with Crippen molar-refractivity contribution in [2.75, 3.05) is 16.4 Å². The summed E-state index contributed by atoms with van der Waals surface area (Å²) in [6.45, 7) is 0. The van der Waals surface area contributed by atoms with E-state index in [1.807, 2.05) is 0 Å². The van der Waals surface area contributed by atoms with Crippen LogP contribution in [0.3, 0.4) is 0 Å². The predicted molar refractivity (Wildman–Crippen MR) is 84.9 cm³/mol. The minimum Gasteiger partial charge on any atom is -0.506 e. The summed E-state index contributed by atoms with van der Waals surface area (Å²) < 4.78 is 0. The molecule has 1 amide bonds. The summed E-state index contributed by atoms with van der Waals surface area (Å²) in [6.07, 6.45) is 1.24. The van der Waals surface area contributed by atoms with Crippen molar-refractivity contribution in [3.8, 4) is 11.8 Å². The summed E-state index contributed by atoms with van der Waals surface area (Å²) in [5, 5.41) is 24.0. The van der Waals surface area contributed by atoms with Crippen LogP contribution in [0.4, 0.5) is 17.1 Å². The highest BCUT2D eigenvalue weighted by Gasteiger charge is 2.09. The minimum absolute atomic E-state index is 0.0231. The number of phenols is 1. The highest BCUT2D eigenvalue weighted by Crippen LogP contribution is 2.21. The molecule has 6 heteroatoms. The molecule has 22 heavy (non-hydrogen) atoms. The minimum atomic E-state index is -0.560. The van der Waals surface area contributed by atoms with E-state index in [1.54, 1.807) is 48.5 Å². The van der Waals surface area contributed by atoms with Gasteiger partial charge in [0.2, 0.25) is 0 Å². The average Bonchev–Trinajstić information content (AvgIpc) is 2.52. The van der Waals surface area contributed by atoms with E-state index in [9.17, 15) is 9.90 Å². The van der Waals surface area contributed by atoms with Crippen LogP contribution >= 0.6 is 0 Å². The maximum atomic E-state index is 12.0. The molecule has 2 aromatic rings. The fourth-order valence-electron chi connectivity index (χ4n) is 1.66. The number of carbonyl (C=O) groups excluding carboxylic acids is 1. The molecular formula is C16H14N4O2. The van der Waals surface area contributed by atoms with Gasteiger partial charge in [-0.2, -0.15) is 5.26 Å². The second-order valence-electron chi connectivity index (χ2n) is 4.41. The number of aromatic hydroxyl groups is 1. The van der Waals surface area contributed by atoms with E-state index in [-0.39, 0.29) is 11.3 Å². The van der Waals surface area contributed by atoms with E-state index in [1.165, 1.54) is 12.3 Å². The highest BCUT2D eigenvalue weighted by atomic mass is 16.3. The van der Waals surface area contributed by atoms with Crippen molar-refractivity contribution in [2.45, 2.75) is 0 Å². The summed E-state index contributed by atoms with van der Waals surface area (Å²) in [4.78, 5) is 12.0. The molecule has 0 radical (unpaired) electrons. The molecule has 0 fully saturated rings. The lowest BCUT2D eigenvalue weighted by Gasteiger charge is -2.06. The standard InChI is InChI=1S/C16H14N4O2/c17-9-11(10-19-14-3-1-2-4-15(14)21)16(22)20-13-7-5-12(18)6-8-13/h1-8,10,19,21H,18H2,(H,20,22)/b11-10-.